The number of benzene rings is 2. The van der Waals surface area contributed by atoms with Crippen LogP contribution in [0.15, 0.2) is 54.1 Å². The van der Waals surface area contributed by atoms with Gasteiger partial charge in [0.2, 0.25) is 0 Å². The summed E-state index contributed by atoms with van der Waals surface area (Å²) in [6, 6.07) is 17.4. The number of hydrogen-bond donors (Lipinski definition) is 0. The van der Waals surface area contributed by atoms with E-state index in [1.807, 2.05) is 14.2 Å². The van der Waals surface area contributed by atoms with Crippen molar-refractivity contribution in [2.75, 3.05) is 14.2 Å². The van der Waals surface area contributed by atoms with E-state index < -0.39 is 8.56 Å². The lowest BCUT2D eigenvalue weighted by Gasteiger charge is -2.39. The van der Waals surface area contributed by atoms with Crippen LogP contribution in [-0.2, 0) is 8.85 Å². The maximum atomic E-state index is 6.30. The predicted octanol–water partition coefficient (Wildman–Crippen LogP) is 6.07. The van der Waals surface area contributed by atoms with E-state index in [0.29, 0.717) is 11.1 Å². The first-order valence-corrected chi connectivity index (χ1v) is 11.6. The molecule has 1 fully saturated rings. The quantitative estimate of drug-likeness (QED) is 0.599. The third-order valence-corrected chi connectivity index (χ3v) is 10.9. The molecule has 0 aromatic heterocycles. The first kappa shape index (κ1) is 17.7. The fourth-order valence-electron chi connectivity index (χ4n) is 5.17. The van der Waals surface area contributed by atoms with Gasteiger partial charge in [0.05, 0.1) is 0 Å². The molecule has 2 aliphatic carbocycles. The Morgan fingerprint density at radius 3 is 2.23 bits per heavy atom. The van der Waals surface area contributed by atoms with Crippen molar-refractivity contribution in [2.45, 2.75) is 43.7 Å². The maximum absolute atomic E-state index is 6.30. The Hall–Kier alpha value is -1.68. The van der Waals surface area contributed by atoms with Crippen LogP contribution in [0.4, 0.5) is 0 Å². The van der Waals surface area contributed by atoms with Crippen LogP contribution in [0.25, 0.3) is 17.2 Å². The first-order chi connectivity index (χ1) is 12.7. The van der Waals surface area contributed by atoms with Gasteiger partial charge < -0.3 is 8.85 Å². The molecule has 0 N–H and O–H groups in total. The van der Waals surface area contributed by atoms with Crippen molar-refractivity contribution in [1.29, 1.82) is 0 Å². The van der Waals surface area contributed by atoms with Gasteiger partial charge in [-0.05, 0) is 42.0 Å². The molecule has 3 heteroatoms. The van der Waals surface area contributed by atoms with Crippen molar-refractivity contribution in [2.24, 2.45) is 0 Å². The van der Waals surface area contributed by atoms with Crippen LogP contribution in [0, 0.1) is 0 Å². The highest BCUT2D eigenvalue weighted by Crippen LogP contribution is 2.52. The van der Waals surface area contributed by atoms with Crippen LogP contribution in [0.3, 0.4) is 0 Å². The van der Waals surface area contributed by atoms with Crippen LogP contribution in [0.5, 0.6) is 0 Å². The van der Waals surface area contributed by atoms with E-state index in [1.165, 1.54) is 53.5 Å². The minimum Gasteiger partial charge on any atom is -0.397 e. The zero-order chi connectivity index (χ0) is 18.1. The standard InChI is InChI=1S/C23H28O2Si/c1-17-16-22-20(18-10-5-4-6-11-18)14-9-15-21(22)23(17)26(24-2,25-3)19-12-7-8-13-19/h4-6,9-11,14-16,19,23H,7-8,12-13H2,1-3H3. The van der Waals surface area contributed by atoms with Gasteiger partial charge >= 0.3 is 8.56 Å². The number of rotatable bonds is 5. The van der Waals surface area contributed by atoms with Gasteiger partial charge in [0.15, 0.2) is 0 Å². The van der Waals surface area contributed by atoms with Gasteiger partial charge in [-0.1, -0.05) is 73.0 Å². The Kier molecular flexibility index (Phi) is 4.87. The Morgan fingerprint density at radius 1 is 0.885 bits per heavy atom. The molecular weight excluding hydrogens is 336 g/mol. The predicted molar refractivity (Wildman–Crippen MR) is 110 cm³/mol. The summed E-state index contributed by atoms with van der Waals surface area (Å²) in [5.41, 5.74) is 7.60. The summed E-state index contributed by atoms with van der Waals surface area (Å²) >= 11 is 0. The zero-order valence-electron chi connectivity index (χ0n) is 16.0. The third-order valence-electron chi connectivity index (χ3n) is 6.33. The third kappa shape index (κ3) is 2.70. The topological polar surface area (TPSA) is 18.5 Å². The molecule has 0 saturated heterocycles. The molecule has 1 saturated carbocycles. The van der Waals surface area contributed by atoms with Crippen molar-refractivity contribution < 1.29 is 8.85 Å². The molecule has 26 heavy (non-hydrogen) atoms. The molecule has 0 bridgehead atoms. The first-order valence-electron chi connectivity index (χ1n) is 9.68. The van der Waals surface area contributed by atoms with E-state index >= 15 is 0 Å². The minimum atomic E-state index is -2.38. The van der Waals surface area contributed by atoms with Gasteiger partial charge in [-0.3, -0.25) is 0 Å². The summed E-state index contributed by atoms with van der Waals surface area (Å²) in [4.78, 5) is 0. The van der Waals surface area contributed by atoms with Gasteiger partial charge in [0, 0.05) is 25.3 Å². The largest absolute Gasteiger partial charge is 0.397 e. The Labute approximate surface area is 158 Å². The van der Waals surface area contributed by atoms with Crippen LogP contribution < -0.4 is 0 Å². The van der Waals surface area contributed by atoms with E-state index in [0.717, 1.165) is 0 Å². The van der Waals surface area contributed by atoms with Crippen molar-refractivity contribution in [3.05, 3.63) is 65.2 Å². The van der Waals surface area contributed by atoms with E-state index in [-0.39, 0.29) is 0 Å². The highest BCUT2D eigenvalue weighted by molar-refractivity contribution is 6.71. The van der Waals surface area contributed by atoms with Gasteiger partial charge in [-0.2, -0.15) is 0 Å². The molecule has 0 heterocycles. The normalized spacial score (nSPS) is 20.3. The molecule has 2 aliphatic rings. The fraction of sp³-hybridized carbons (Fsp3) is 0.391. The Morgan fingerprint density at radius 2 is 1.58 bits per heavy atom. The SMILES string of the molecule is CO[Si](OC)(C1CCCC1)C1C(C)=Cc2c(-c3ccccc3)cccc21. The second kappa shape index (κ2) is 7.14. The lowest BCUT2D eigenvalue weighted by Crippen LogP contribution is -2.50. The zero-order valence-corrected chi connectivity index (χ0v) is 17.0. The summed E-state index contributed by atoms with van der Waals surface area (Å²) in [7, 11) is 1.37. The average molecular weight is 365 g/mol. The lowest BCUT2D eigenvalue weighted by atomic mass is 9.97. The molecule has 2 aromatic carbocycles. The Bertz CT molecular complexity index is 802. The number of hydrogen-bond acceptors (Lipinski definition) is 2. The van der Waals surface area contributed by atoms with E-state index in [2.05, 4.69) is 61.5 Å². The molecule has 136 valence electrons. The van der Waals surface area contributed by atoms with Crippen LogP contribution in [-0.4, -0.2) is 22.8 Å². The van der Waals surface area contributed by atoms with Crippen molar-refractivity contribution in [3.63, 3.8) is 0 Å². The molecule has 4 rings (SSSR count). The molecule has 1 unspecified atom stereocenters. The van der Waals surface area contributed by atoms with Gasteiger partial charge in [-0.25, -0.2) is 0 Å². The van der Waals surface area contributed by atoms with Gasteiger partial charge in [0.25, 0.3) is 0 Å². The highest BCUT2D eigenvalue weighted by atomic mass is 28.4. The maximum Gasteiger partial charge on any atom is 0.352 e. The average Bonchev–Trinajstić information content (AvgIpc) is 3.33. The second-order valence-corrected chi connectivity index (χ2v) is 11.3. The molecule has 2 aromatic rings. The van der Waals surface area contributed by atoms with E-state index in [9.17, 15) is 0 Å². The molecule has 1 atom stereocenters. The van der Waals surface area contributed by atoms with Crippen LogP contribution >= 0.6 is 0 Å². The minimum absolute atomic E-state index is 0.291. The van der Waals surface area contributed by atoms with Crippen molar-refractivity contribution in [3.8, 4) is 11.1 Å². The molecular formula is C23H28O2Si. The highest BCUT2D eigenvalue weighted by Gasteiger charge is 2.54. The summed E-state index contributed by atoms with van der Waals surface area (Å²) < 4.78 is 12.6. The number of fused-ring (bicyclic) bond motifs is 1. The summed E-state index contributed by atoms with van der Waals surface area (Å²) in [6.45, 7) is 2.26. The van der Waals surface area contributed by atoms with E-state index in [4.69, 9.17) is 8.85 Å². The number of allylic oxidation sites excluding steroid dienone is 1. The van der Waals surface area contributed by atoms with Crippen LogP contribution in [0.2, 0.25) is 5.54 Å². The lowest BCUT2D eigenvalue weighted by molar-refractivity contribution is 0.220. The summed E-state index contributed by atoms with van der Waals surface area (Å²) in [5.74, 6) is 0. The summed E-state index contributed by atoms with van der Waals surface area (Å²) in [5, 5.41) is 0. The molecule has 0 radical (unpaired) electrons. The molecule has 2 nitrogen and oxygen atoms in total. The van der Waals surface area contributed by atoms with E-state index in [1.54, 1.807) is 0 Å². The Balaban J connectivity index is 1.84. The second-order valence-electron chi connectivity index (χ2n) is 7.61. The molecule has 0 aliphatic heterocycles. The van der Waals surface area contributed by atoms with Crippen LogP contribution in [0.1, 0.15) is 49.3 Å². The monoisotopic (exact) mass is 364 g/mol. The van der Waals surface area contributed by atoms with Gasteiger partial charge in [-0.15, -0.1) is 0 Å². The molecule has 0 amide bonds. The fourth-order valence-corrected chi connectivity index (χ4v) is 9.56. The van der Waals surface area contributed by atoms with Crippen molar-refractivity contribution >= 4 is 14.6 Å². The summed E-state index contributed by atoms with van der Waals surface area (Å²) in [6.07, 6.45) is 7.46. The smallest absolute Gasteiger partial charge is 0.352 e. The van der Waals surface area contributed by atoms with Gasteiger partial charge in [0.1, 0.15) is 0 Å². The van der Waals surface area contributed by atoms with Crippen molar-refractivity contribution in [1.82, 2.24) is 0 Å². The molecule has 0 spiro atoms.